The third-order valence-electron chi connectivity index (χ3n) is 1.35. The highest BCUT2D eigenvalue weighted by molar-refractivity contribution is 5.80. The third-order valence-corrected chi connectivity index (χ3v) is 1.35. The summed E-state index contributed by atoms with van der Waals surface area (Å²) in [5.74, 6) is -0.775. The zero-order valence-corrected chi connectivity index (χ0v) is 7.90. The van der Waals surface area contributed by atoms with Gasteiger partial charge in [-0.05, 0) is 6.08 Å². The largest absolute Gasteiger partial charge is 0.573 e. The Morgan fingerprint density at radius 2 is 1.87 bits per heavy atom. The first-order chi connectivity index (χ1) is 6.80. The van der Waals surface area contributed by atoms with E-state index in [2.05, 4.69) is 17.9 Å². The van der Waals surface area contributed by atoms with Crippen LogP contribution in [0.25, 0.3) is 0 Å². The molecule has 6 heteroatoms. The van der Waals surface area contributed by atoms with Crippen molar-refractivity contribution in [3.8, 4) is 0 Å². The Balaban J connectivity index is 4.98. The van der Waals surface area contributed by atoms with Crippen molar-refractivity contribution < 1.29 is 17.9 Å². The van der Waals surface area contributed by atoms with Crippen LogP contribution in [0.15, 0.2) is 36.6 Å². The van der Waals surface area contributed by atoms with Crippen LogP contribution in [-0.2, 0) is 4.74 Å². The molecule has 84 valence electrons. The SMILES string of the molecule is C=C/C(CC(=N)N)=C(\C=C)OC(F)(F)F. The number of hydrogen-bond donors (Lipinski definition) is 2. The van der Waals surface area contributed by atoms with Gasteiger partial charge in [-0.3, -0.25) is 5.41 Å². The highest BCUT2D eigenvalue weighted by Gasteiger charge is 2.32. The molecule has 0 amide bonds. The Hall–Kier alpha value is -1.72. The smallest absolute Gasteiger partial charge is 0.406 e. The Labute approximate surface area is 85.2 Å². The molecule has 0 rings (SSSR count). The zero-order chi connectivity index (χ0) is 12.1. The lowest BCUT2D eigenvalue weighted by Crippen LogP contribution is -2.15. The van der Waals surface area contributed by atoms with Crippen LogP contribution in [0.4, 0.5) is 13.2 Å². The van der Waals surface area contributed by atoms with Crippen molar-refractivity contribution in [2.24, 2.45) is 5.73 Å². The van der Waals surface area contributed by atoms with Crippen molar-refractivity contribution >= 4 is 5.84 Å². The summed E-state index contributed by atoms with van der Waals surface area (Å²) in [6, 6.07) is 0. The van der Waals surface area contributed by atoms with Crippen molar-refractivity contribution in [1.29, 1.82) is 5.41 Å². The number of nitrogens with one attached hydrogen (secondary N) is 1. The van der Waals surface area contributed by atoms with Gasteiger partial charge < -0.3 is 10.5 Å². The number of halogens is 3. The summed E-state index contributed by atoms with van der Waals surface area (Å²) in [7, 11) is 0. The highest BCUT2D eigenvalue weighted by Crippen LogP contribution is 2.24. The number of hydrogen-bond acceptors (Lipinski definition) is 2. The second kappa shape index (κ2) is 5.23. The van der Waals surface area contributed by atoms with Crippen LogP contribution in [-0.4, -0.2) is 12.2 Å². The van der Waals surface area contributed by atoms with Crippen molar-refractivity contribution in [3.05, 3.63) is 36.6 Å². The van der Waals surface area contributed by atoms with Crippen LogP contribution >= 0.6 is 0 Å². The Kier molecular flexibility index (Phi) is 4.63. The molecule has 0 aliphatic heterocycles. The lowest BCUT2D eigenvalue weighted by atomic mass is 10.1. The monoisotopic (exact) mass is 220 g/mol. The van der Waals surface area contributed by atoms with Gasteiger partial charge in [-0.25, -0.2) is 0 Å². The van der Waals surface area contributed by atoms with Crippen LogP contribution in [0.2, 0.25) is 0 Å². The number of alkyl halides is 3. The van der Waals surface area contributed by atoms with Crippen LogP contribution in [0.1, 0.15) is 6.42 Å². The van der Waals surface area contributed by atoms with E-state index in [-0.39, 0.29) is 17.8 Å². The Morgan fingerprint density at radius 3 is 2.13 bits per heavy atom. The van der Waals surface area contributed by atoms with Gasteiger partial charge in [0.25, 0.3) is 0 Å². The molecule has 0 unspecified atom stereocenters. The maximum Gasteiger partial charge on any atom is 0.573 e. The molecule has 0 spiro atoms. The number of allylic oxidation sites excluding steroid dienone is 2. The van der Waals surface area contributed by atoms with E-state index in [1.165, 1.54) is 0 Å². The van der Waals surface area contributed by atoms with Crippen molar-refractivity contribution in [1.82, 2.24) is 0 Å². The van der Waals surface area contributed by atoms with Gasteiger partial charge in [-0.2, -0.15) is 0 Å². The van der Waals surface area contributed by atoms with Gasteiger partial charge in [0.05, 0.1) is 5.84 Å². The Bertz CT molecular complexity index is 305. The van der Waals surface area contributed by atoms with Crippen LogP contribution in [0.5, 0.6) is 0 Å². The molecule has 0 aromatic rings. The van der Waals surface area contributed by atoms with E-state index in [9.17, 15) is 13.2 Å². The van der Waals surface area contributed by atoms with Crippen molar-refractivity contribution in [2.45, 2.75) is 12.8 Å². The fraction of sp³-hybridized carbons (Fsp3) is 0.222. The minimum Gasteiger partial charge on any atom is -0.406 e. The molecule has 0 atom stereocenters. The van der Waals surface area contributed by atoms with Gasteiger partial charge >= 0.3 is 6.36 Å². The van der Waals surface area contributed by atoms with E-state index in [0.29, 0.717) is 0 Å². The van der Waals surface area contributed by atoms with E-state index in [4.69, 9.17) is 11.1 Å². The van der Waals surface area contributed by atoms with Gasteiger partial charge in [0.2, 0.25) is 0 Å². The maximum absolute atomic E-state index is 11.9. The summed E-state index contributed by atoms with van der Waals surface area (Å²) in [5.41, 5.74) is 5.12. The summed E-state index contributed by atoms with van der Waals surface area (Å²) in [4.78, 5) is 0. The fourth-order valence-corrected chi connectivity index (χ4v) is 0.828. The topological polar surface area (TPSA) is 59.1 Å². The highest BCUT2D eigenvalue weighted by atomic mass is 19.4. The van der Waals surface area contributed by atoms with E-state index in [1.807, 2.05) is 0 Å². The lowest BCUT2D eigenvalue weighted by Gasteiger charge is -2.12. The number of nitrogens with two attached hydrogens (primary N) is 1. The number of amidine groups is 1. The predicted octanol–water partition coefficient (Wildman–Crippen LogP) is 2.47. The second-order valence-corrected chi connectivity index (χ2v) is 2.55. The molecule has 0 aliphatic rings. The Morgan fingerprint density at radius 1 is 1.33 bits per heavy atom. The van der Waals surface area contributed by atoms with Crippen molar-refractivity contribution in [3.63, 3.8) is 0 Å². The second-order valence-electron chi connectivity index (χ2n) is 2.55. The summed E-state index contributed by atoms with van der Waals surface area (Å²) >= 11 is 0. The molecule has 15 heavy (non-hydrogen) atoms. The first kappa shape index (κ1) is 13.3. The molecular formula is C9H11F3N2O. The van der Waals surface area contributed by atoms with Gasteiger partial charge in [0.1, 0.15) is 5.76 Å². The van der Waals surface area contributed by atoms with Crippen LogP contribution in [0, 0.1) is 5.41 Å². The minimum absolute atomic E-state index is 0.0647. The van der Waals surface area contributed by atoms with E-state index in [1.54, 1.807) is 0 Å². The zero-order valence-electron chi connectivity index (χ0n) is 7.90. The molecule has 0 aromatic carbocycles. The normalized spacial score (nSPS) is 12.7. The standard InChI is InChI=1S/C9H11F3N2O/c1-3-6(5-8(13)14)7(4-2)15-9(10,11)12/h3-4H,1-2,5H2,(H3,13,14)/b7-6-. The minimum atomic E-state index is -4.80. The average Bonchev–Trinajstić information content (AvgIpc) is 2.08. The molecule has 3 nitrogen and oxygen atoms in total. The quantitative estimate of drug-likeness (QED) is 0.323. The van der Waals surface area contributed by atoms with Gasteiger partial charge in [-0.15, -0.1) is 13.2 Å². The fourth-order valence-electron chi connectivity index (χ4n) is 0.828. The lowest BCUT2D eigenvalue weighted by molar-refractivity contribution is -0.303. The molecular weight excluding hydrogens is 209 g/mol. The first-order valence-electron chi connectivity index (χ1n) is 3.86. The van der Waals surface area contributed by atoms with Crippen molar-refractivity contribution in [2.75, 3.05) is 0 Å². The number of ether oxygens (including phenoxy) is 1. The molecule has 0 aromatic heterocycles. The molecule has 0 saturated carbocycles. The first-order valence-corrected chi connectivity index (χ1v) is 3.86. The molecule has 0 radical (unpaired) electrons. The van der Waals surface area contributed by atoms with Crippen LogP contribution in [0.3, 0.4) is 0 Å². The van der Waals surface area contributed by atoms with E-state index < -0.39 is 12.1 Å². The molecule has 0 aliphatic carbocycles. The molecule has 0 heterocycles. The predicted molar refractivity (Wildman–Crippen MR) is 51.1 cm³/mol. The summed E-state index contributed by atoms with van der Waals surface area (Å²) in [6.45, 7) is 6.49. The maximum atomic E-state index is 11.9. The summed E-state index contributed by atoms with van der Waals surface area (Å²) in [5, 5.41) is 6.95. The molecule has 0 fully saturated rings. The summed E-state index contributed by atoms with van der Waals surface area (Å²) in [6.07, 6.45) is -2.92. The average molecular weight is 220 g/mol. The molecule has 3 N–H and O–H groups in total. The third kappa shape index (κ3) is 5.56. The summed E-state index contributed by atoms with van der Waals surface area (Å²) < 4.78 is 39.4. The number of rotatable bonds is 5. The van der Waals surface area contributed by atoms with Crippen LogP contribution < -0.4 is 5.73 Å². The molecule has 0 saturated heterocycles. The molecule has 0 bridgehead atoms. The van der Waals surface area contributed by atoms with E-state index in [0.717, 1.165) is 12.2 Å². The van der Waals surface area contributed by atoms with Gasteiger partial charge in [-0.1, -0.05) is 19.2 Å². The van der Waals surface area contributed by atoms with Gasteiger partial charge in [0, 0.05) is 12.0 Å². The van der Waals surface area contributed by atoms with E-state index >= 15 is 0 Å². The van der Waals surface area contributed by atoms with Gasteiger partial charge in [0.15, 0.2) is 0 Å².